The Kier molecular flexibility index (Phi) is 6.82. The number of hydrogen-bond donors (Lipinski definition) is 0. The van der Waals surface area contributed by atoms with Gasteiger partial charge in [-0.2, -0.15) is 0 Å². The van der Waals surface area contributed by atoms with Crippen LogP contribution in [-0.2, 0) is 4.74 Å². The molecule has 2 aliphatic heterocycles. The average Bonchev–Trinajstić information content (AvgIpc) is 2.83. The van der Waals surface area contributed by atoms with Gasteiger partial charge in [-0.25, -0.2) is 4.39 Å². The molecule has 2 aliphatic rings. The third-order valence-corrected chi connectivity index (χ3v) is 5.80. The number of nitrogens with zero attached hydrogens (tertiary/aromatic N) is 2. The van der Waals surface area contributed by atoms with E-state index in [4.69, 9.17) is 9.47 Å². The van der Waals surface area contributed by atoms with Gasteiger partial charge in [-0.05, 0) is 49.2 Å². The first-order chi connectivity index (χ1) is 15.1. The molecule has 2 aromatic rings. The molecule has 0 radical (unpaired) electrons. The average molecular weight is 426 g/mol. The van der Waals surface area contributed by atoms with Crippen LogP contribution in [0.4, 0.5) is 4.39 Å². The lowest BCUT2D eigenvalue weighted by molar-refractivity contribution is 0.0303. The molecule has 31 heavy (non-hydrogen) atoms. The van der Waals surface area contributed by atoms with E-state index in [2.05, 4.69) is 0 Å². The molecule has 0 saturated carbocycles. The van der Waals surface area contributed by atoms with Crippen molar-refractivity contribution in [3.05, 3.63) is 65.5 Å². The van der Waals surface area contributed by atoms with Gasteiger partial charge in [0, 0.05) is 37.7 Å². The number of carbonyl (C=O) groups is 2. The SMILES string of the molecule is O=C(c1ccc(OCC2CCCN(C(=O)c3ccccc3F)C2)cc1)N1CCOCC1. The van der Waals surface area contributed by atoms with Crippen molar-refractivity contribution < 1.29 is 23.5 Å². The third kappa shape index (κ3) is 5.22. The number of hydrogen-bond acceptors (Lipinski definition) is 4. The van der Waals surface area contributed by atoms with Gasteiger partial charge in [0.2, 0.25) is 0 Å². The quantitative estimate of drug-likeness (QED) is 0.737. The lowest BCUT2D eigenvalue weighted by Crippen LogP contribution is -2.41. The molecule has 2 aromatic carbocycles. The third-order valence-electron chi connectivity index (χ3n) is 5.80. The zero-order valence-corrected chi connectivity index (χ0v) is 17.5. The highest BCUT2D eigenvalue weighted by molar-refractivity contribution is 5.95. The van der Waals surface area contributed by atoms with E-state index >= 15 is 0 Å². The second-order valence-electron chi connectivity index (χ2n) is 7.98. The number of morpholine rings is 1. The first-order valence-electron chi connectivity index (χ1n) is 10.8. The van der Waals surface area contributed by atoms with Crippen LogP contribution >= 0.6 is 0 Å². The molecule has 6 nitrogen and oxygen atoms in total. The Morgan fingerprint density at radius 3 is 2.45 bits per heavy atom. The Morgan fingerprint density at radius 2 is 1.71 bits per heavy atom. The first kappa shape index (κ1) is 21.3. The Morgan fingerprint density at radius 1 is 0.968 bits per heavy atom. The van der Waals surface area contributed by atoms with E-state index in [-0.39, 0.29) is 23.3 Å². The Labute approximate surface area is 181 Å². The minimum absolute atomic E-state index is 0.00410. The molecule has 2 amide bonds. The number of benzene rings is 2. The maximum Gasteiger partial charge on any atom is 0.256 e. The molecule has 0 bridgehead atoms. The summed E-state index contributed by atoms with van der Waals surface area (Å²) in [6.07, 6.45) is 1.82. The van der Waals surface area contributed by atoms with E-state index in [9.17, 15) is 14.0 Å². The molecule has 1 atom stereocenters. The molecule has 2 fully saturated rings. The van der Waals surface area contributed by atoms with Gasteiger partial charge in [0.1, 0.15) is 11.6 Å². The summed E-state index contributed by atoms with van der Waals surface area (Å²) in [7, 11) is 0. The second kappa shape index (κ2) is 9.92. The molecular weight excluding hydrogens is 399 g/mol. The van der Waals surface area contributed by atoms with Gasteiger partial charge < -0.3 is 19.3 Å². The van der Waals surface area contributed by atoms with E-state index in [1.807, 2.05) is 0 Å². The normalized spacial score (nSPS) is 19.2. The summed E-state index contributed by atoms with van der Waals surface area (Å²) < 4.78 is 25.2. The van der Waals surface area contributed by atoms with Crippen LogP contribution < -0.4 is 4.74 Å². The van der Waals surface area contributed by atoms with Gasteiger partial charge >= 0.3 is 0 Å². The number of carbonyl (C=O) groups excluding carboxylic acids is 2. The largest absolute Gasteiger partial charge is 0.493 e. The monoisotopic (exact) mass is 426 g/mol. The topological polar surface area (TPSA) is 59.1 Å². The molecule has 4 rings (SSSR count). The van der Waals surface area contributed by atoms with Gasteiger partial charge in [-0.1, -0.05) is 12.1 Å². The fourth-order valence-electron chi connectivity index (χ4n) is 4.05. The summed E-state index contributed by atoms with van der Waals surface area (Å²) >= 11 is 0. The molecule has 0 aliphatic carbocycles. The van der Waals surface area contributed by atoms with Gasteiger partial charge in [0.25, 0.3) is 11.8 Å². The van der Waals surface area contributed by atoms with Crippen molar-refractivity contribution in [2.45, 2.75) is 12.8 Å². The van der Waals surface area contributed by atoms with Crippen molar-refractivity contribution in [1.29, 1.82) is 0 Å². The molecule has 0 aromatic heterocycles. The zero-order chi connectivity index (χ0) is 21.6. The maximum atomic E-state index is 14.0. The Hall–Kier alpha value is -2.93. The zero-order valence-electron chi connectivity index (χ0n) is 17.5. The van der Waals surface area contributed by atoms with Gasteiger partial charge in [-0.15, -0.1) is 0 Å². The van der Waals surface area contributed by atoms with Crippen molar-refractivity contribution in [2.75, 3.05) is 46.0 Å². The van der Waals surface area contributed by atoms with Crippen molar-refractivity contribution in [2.24, 2.45) is 5.92 Å². The Balaban J connectivity index is 1.30. The van der Waals surface area contributed by atoms with Crippen LogP contribution in [0.1, 0.15) is 33.6 Å². The number of piperidine rings is 1. The molecule has 0 N–H and O–H groups in total. The molecule has 164 valence electrons. The van der Waals surface area contributed by atoms with E-state index in [1.54, 1.807) is 46.2 Å². The summed E-state index contributed by atoms with van der Waals surface area (Å²) in [5, 5.41) is 0. The second-order valence-corrected chi connectivity index (χ2v) is 7.98. The minimum Gasteiger partial charge on any atom is -0.493 e. The molecule has 2 heterocycles. The summed E-state index contributed by atoms with van der Waals surface area (Å²) in [5.41, 5.74) is 0.748. The number of ether oxygens (including phenoxy) is 2. The van der Waals surface area contributed by atoms with Crippen LogP contribution in [0.2, 0.25) is 0 Å². The predicted octanol–water partition coefficient (Wildman–Crippen LogP) is 3.23. The van der Waals surface area contributed by atoms with Crippen molar-refractivity contribution in [3.63, 3.8) is 0 Å². The fraction of sp³-hybridized carbons (Fsp3) is 0.417. The number of halogens is 1. The van der Waals surface area contributed by atoms with E-state index in [0.717, 1.165) is 12.8 Å². The van der Waals surface area contributed by atoms with E-state index in [1.165, 1.54) is 12.1 Å². The Bertz CT molecular complexity index is 912. The molecular formula is C24H27FN2O4. The van der Waals surface area contributed by atoms with Crippen molar-refractivity contribution >= 4 is 11.8 Å². The molecule has 0 spiro atoms. The number of rotatable bonds is 5. The minimum atomic E-state index is -0.488. The van der Waals surface area contributed by atoms with Crippen LogP contribution in [0, 0.1) is 11.7 Å². The van der Waals surface area contributed by atoms with Crippen LogP contribution in [-0.4, -0.2) is 67.6 Å². The van der Waals surface area contributed by atoms with Crippen LogP contribution in [0.25, 0.3) is 0 Å². The van der Waals surface area contributed by atoms with Crippen LogP contribution in [0.5, 0.6) is 5.75 Å². The summed E-state index contributed by atoms with van der Waals surface area (Å²) in [4.78, 5) is 28.7. The lowest BCUT2D eigenvalue weighted by Gasteiger charge is -2.32. The first-order valence-corrected chi connectivity index (χ1v) is 10.8. The van der Waals surface area contributed by atoms with Gasteiger partial charge in [-0.3, -0.25) is 9.59 Å². The van der Waals surface area contributed by atoms with Gasteiger partial charge in [0.05, 0.1) is 25.4 Å². The van der Waals surface area contributed by atoms with E-state index < -0.39 is 5.82 Å². The van der Waals surface area contributed by atoms with E-state index in [0.29, 0.717) is 57.3 Å². The summed E-state index contributed by atoms with van der Waals surface area (Å²) in [6, 6.07) is 13.3. The lowest BCUT2D eigenvalue weighted by atomic mass is 9.98. The number of likely N-dealkylation sites (tertiary alicyclic amines) is 1. The van der Waals surface area contributed by atoms with Crippen LogP contribution in [0.15, 0.2) is 48.5 Å². The fourth-order valence-corrected chi connectivity index (χ4v) is 4.05. The summed E-state index contributed by atoms with van der Waals surface area (Å²) in [6.45, 7) is 4.01. The van der Waals surface area contributed by atoms with Crippen LogP contribution in [0.3, 0.4) is 0 Å². The standard InChI is InChI=1S/C24H27FN2O4/c25-22-6-2-1-5-21(22)24(29)27-11-3-4-18(16-27)17-31-20-9-7-19(8-10-20)23(28)26-12-14-30-15-13-26/h1-2,5-10,18H,3-4,11-17H2. The highest BCUT2D eigenvalue weighted by Gasteiger charge is 2.26. The highest BCUT2D eigenvalue weighted by Crippen LogP contribution is 2.22. The molecule has 2 saturated heterocycles. The predicted molar refractivity (Wildman–Crippen MR) is 114 cm³/mol. The van der Waals surface area contributed by atoms with Gasteiger partial charge in [0.15, 0.2) is 0 Å². The maximum absolute atomic E-state index is 14.0. The molecule has 1 unspecified atom stereocenters. The molecule has 7 heteroatoms. The summed E-state index contributed by atoms with van der Waals surface area (Å²) in [5.74, 6) is 0.117. The highest BCUT2D eigenvalue weighted by atomic mass is 19.1. The van der Waals surface area contributed by atoms with Crippen molar-refractivity contribution in [1.82, 2.24) is 9.80 Å². The smallest absolute Gasteiger partial charge is 0.256 e. The number of amides is 2. The van der Waals surface area contributed by atoms with Crippen molar-refractivity contribution in [3.8, 4) is 5.75 Å².